The molecule has 2 aromatic rings. The lowest BCUT2D eigenvalue weighted by Crippen LogP contribution is -2.16. The maximum atomic E-state index is 12.6. The second-order valence-electron chi connectivity index (χ2n) is 4.66. The van der Waals surface area contributed by atoms with Crippen LogP contribution >= 0.6 is 27.5 Å². The van der Waals surface area contributed by atoms with Crippen LogP contribution < -0.4 is 10.5 Å². The van der Waals surface area contributed by atoms with Crippen molar-refractivity contribution in [2.75, 3.05) is 10.5 Å². The first-order chi connectivity index (χ1) is 9.72. The van der Waals surface area contributed by atoms with Crippen LogP contribution in [0.15, 0.2) is 39.7 Å². The Labute approximate surface area is 137 Å². The molecule has 0 aliphatic rings. The van der Waals surface area contributed by atoms with Gasteiger partial charge >= 0.3 is 0 Å². The third-order valence-corrected chi connectivity index (χ3v) is 5.99. The molecule has 2 aromatic carbocycles. The van der Waals surface area contributed by atoms with E-state index >= 15 is 0 Å². The van der Waals surface area contributed by atoms with E-state index in [0.717, 1.165) is 0 Å². The van der Waals surface area contributed by atoms with Crippen molar-refractivity contribution >= 4 is 48.9 Å². The molecule has 3 N–H and O–H groups in total. The minimum Gasteiger partial charge on any atom is -0.398 e. The molecule has 2 rings (SSSR count). The SMILES string of the molecule is Cc1ccc(N)c(C)c1S(=O)(=O)Nc1ccc(Br)c(Cl)c1. The van der Waals surface area contributed by atoms with Crippen LogP contribution in [0.3, 0.4) is 0 Å². The Balaban J connectivity index is 2.48. The Morgan fingerprint density at radius 1 is 1.19 bits per heavy atom. The van der Waals surface area contributed by atoms with Gasteiger partial charge in [0.1, 0.15) is 0 Å². The molecule has 0 unspecified atom stereocenters. The molecule has 0 aliphatic heterocycles. The maximum absolute atomic E-state index is 12.6. The highest BCUT2D eigenvalue weighted by Crippen LogP contribution is 2.29. The van der Waals surface area contributed by atoms with E-state index in [2.05, 4.69) is 20.7 Å². The number of anilines is 2. The van der Waals surface area contributed by atoms with Crippen LogP contribution in [0.1, 0.15) is 11.1 Å². The number of sulfonamides is 1. The first-order valence-electron chi connectivity index (χ1n) is 6.06. The number of benzene rings is 2. The molecule has 0 heterocycles. The summed E-state index contributed by atoms with van der Waals surface area (Å²) in [4.78, 5) is 0.196. The Hall–Kier alpha value is -1.24. The summed E-state index contributed by atoms with van der Waals surface area (Å²) >= 11 is 9.24. The Bertz CT molecular complexity index is 807. The fraction of sp³-hybridized carbons (Fsp3) is 0.143. The predicted molar refractivity (Wildman–Crippen MR) is 90.3 cm³/mol. The normalized spacial score (nSPS) is 11.4. The van der Waals surface area contributed by atoms with Crippen molar-refractivity contribution < 1.29 is 8.42 Å². The molecule has 4 nitrogen and oxygen atoms in total. The van der Waals surface area contributed by atoms with E-state index in [1.165, 1.54) is 0 Å². The summed E-state index contributed by atoms with van der Waals surface area (Å²) in [5.74, 6) is 0. The van der Waals surface area contributed by atoms with Gasteiger partial charge in [-0.25, -0.2) is 8.42 Å². The van der Waals surface area contributed by atoms with Gasteiger partial charge in [0.25, 0.3) is 10.0 Å². The van der Waals surface area contributed by atoms with E-state index < -0.39 is 10.0 Å². The number of hydrogen-bond donors (Lipinski definition) is 2. The van der Waals surface area contributed by atoms with Gasteiger partial charge in [-0.2, -0.15) is 0 Å². The molecule has 0 bridgehead atoms. The van der Waals surface area contributed by atoms with Crippen molar-refractivity contribution in [3.05, 3.63) is 51.0 Å². The minimum absolute atomic E-state index is 0.196. The highest BCUT2D eigenvalue weighted by molar-refractivity contribution is 9.10. The zero-order valence-corrected chi connectivity index (χ0v) is 14.6. The number of hydrogen-bond acceptors (Lipinski definition) is 3. The van der Waals surface area contributed by atoms with Gasteiger partial charge < -0.3 is 5.73 Å². The molecule has 112 valence electrons. The van der Waals surface area contributed by atoms with Gasteiger partial charge in [0, 0.05) is 10.2 Å². The molecule has 7 heteroatoms. The van der Waals surface area contributed by atoms with Crippen LogP contribution in [-0.4, -0.2) is 8.42 Å². The Morgan fingerprint density at radius 2 is 1.86 bits per heavy atom. The largest absolute Gasteiger partial charge is 0.398 e. The van der Waals surface area contributed by atoms with Crippen LogP contribution in [0.4, 0.5) is 11.4 Å². The van der Waals surface area contributed by atoms with Gasteiger partial charge in [-0.05, 0) is 65.2 Å². The van der Waals surface area contributed by atoms with E-state index in [-0.39, 0.29) is 4.90 Å². The number of nitrogens with one attached hydrogen (secondary N) is 1. The van der Waals surface area contributed by atoms with Crippen LogP contribution in [-0.2, 0) is 10.0 Å². The molecule has 0 atom stereocenters. The average Bonchev–Trinajstić information content (AvgIpc) is 2.38. The zero-order chi connectivity index (χ0) is 15.8. The fourth-order valence-corrected chi connectivity index (χ4v) is 4.00. The van der Waals surface area contributed by atoms with Crippen molar-refractivity contribution in [2.45, 2.75) is 18.7 Å². The lowest BCUT2D eigenvalue weighted by Gasteiger charge is -2.14. The summed E-state index contributed by atoms with van der Waals surface area (Å²) in [7, 11) is -3.73. The summed E-state index contributed by atoms with van der Waals surface area (Å²) in [6.07, 6.45) is 0. The smallest absolute Gasteiger partial charge is 0.262 e. The van der Waals surface area contributed by atoms with E-state index in [4.69, 9.17) is 17.3 Å². The summed E-state index contributed by atoms with van der Waals surface area (Å²) in [6, 6.07) is 8.23. The second-order valence-corrected chi connectivity index (χ2v) is 7.54. The van der Waals surface area contributed by atoms with Crippen molar-refractivity contribution in [1.29, 1.82) is 0 Å². The monoisotopic (exact) mass is 388 g/mol. The molecule has 0 amide bonds. The van der Waals surface area contributed by atoms with Crippen molar-refractivity contribution in [3.8, 4) is 0 Å². The Morgan fingerprint density at radius 3 is 2.48 bits per heavy atom. The van der Waals surface area contributed by atoms with E-state index in [0.29, 0.717) is 32.0 Å². The molecule has 0 fully saturated rings. The number of aryl methyl sites for hydroxylation is 1. The molecule has 0 radical (unpaired) electrons. The van der Waals surface area contributed by atoms with Gasteiger partial charge in [-0.15, -0.1) is 0 Å². The lowest BCUT2D eigenvalue weighted by atomic mass is 10.1. The molecule has 21 heavy (non-hydrogen) atoms. The predicted octanol–water partition coefficient (Wildman–Crippen LogP) is 4.10. The van der Waals surface area contributed by atoms with E-state index in [9.17, 15) is 8.42 Å². The van der Waals surface area contributed by atoms with Crippen LogP contribution in [0.2, 0.25) is 5.02 Å². The molecule has 0 aliphatic carbocycles. The highest BCUT2D eigenvalue weighted by atomic mass is 79.9. The third-order valence-electron chi connectivity index (χ3n) is 3.09. The fourth-order valence-electron chi connectivity index (χ4n) is 2.02. The molecule has 0 spiro atoms. The molecular weight excluding hydrogens is 376 g/mol. The number of nitrogens with two attached hydrogens (primary N) is 1. The number of rotatable bonds is 3. The quantitative estimate of drug-likeness (QED) is 0.776. The first-order valence-corrected chi connectivity index (χ1v) is 8.71. The minimum atomic E-state index is -3.73. The van der Waals surface area contributed by atoms with Gasteiger partial charge in [-0.1, -0.05) is 17.7 Å². The number of halogens is 2. The first kappa shape index (κ1) is 16.1. The van der Waals surface area contributed by atoms with Crippen molar-refractivity contribution in [3.63, 3.8) is 0 Å². The molecular formula is C14H14BrClN2O2S. The van der Waals surface area contributed by atoms with Crippen molar-refractivity contribution in [1.82, 2.24) is 0 Å². The van der Waals surface area contributed by atoms with E-state index in [1.54, 1.807) is 44.2 Å². The van der Waals surface area contributed by atoms with Gasteiger partial charge in [0.15, 0.2) is 0 Å². The van der Waals surface area contributed by atoms with Crippen LogP contribution in [0, 0.1) is 13.8 Å². The molecule has 0 aromatic heterocycles. The topological polar surface area (TPSA) is 72.2 Å². The Kier molecular flexibility index (Phi) is 4.51. The zero-order valence-electron chi connectivity index (χ0n) is 11.4. The standard InChI is InChI=1S/C14H14BrClN2O2S/c1-8-3-6-13(17)9(2)14(8)21(19,20)18-10-4-5-11(15)12(16)7-10/h3-7,18H,17H2,1-2H3. The van der Waals surface area contributed by atoms with Crippen molar-refractivity contribution in [2.24, 2.45) is 0 Å². The summed E-state index contributed by atoms with van der Waals surface area (Å²) in [6.45, 7) is 3.42. The van der Waals surface area contributed by atoms with Gasteiger partial charge in [-0.3, -0.25) is 4.72 Å². The molecule has 0 saturated heterocycles. The second kappa shape index (κ2) is 5.87. The maximum Gasteiger partial charge on any atom is 0.262 e. The van der Waals surface area contributed by atoms with Gasteiger partial charge in [0.05, 0.1) is 15.6 Å². The third kappa shape index (κ3) is 3.33. The van der Waals surface area contributed by atoms with Crippen LogP contribution in [0.5, 0.6) is 0 Å². The highest BCUT2D eigenvalue weighted by Gasteiger charge is 2.21. The van der Waals surface area contributed by atoms with E-state index in [1.807, 2.05) is 0 Å². The summed E-state index contributed by atoms with van der Waals surface area (Å²) in [5.41, 5.74) is 7.81. The van der Waals surface area contributed by atoms with Gasteiger partial charge in [0.2, 0.25) is 0 Å². The average molecular weight is 390 g/mol. The summed E-state index contributed by atoms with van der Waals surface area (Å²) < 4.78 is 28.4. The van der Waals surface area contributed by atoms with Crippen LogP contribution in [0.25, 0.3) is 0 Å². The number of nitrogen functional groups attached to an aromatic ring is 1. The lowest BCUT2D eigenvalue weighted by molar-refractivity contribution is 0.600. The molecule has 0 saturated carbocycles. The summed E-state index contributed by atoms with van der Waals surface area (Å²) in [5, 5.41) is 0.427.